The van der Waals surface area contributed by atoms with Crippen LogP contribution < -0.4 is 5.73 Å². The van der Waals surface area contributed by atoms with Gasteiger partial charge < -0.3 is 10.5 Å². The van der Waals surface area contributed by atoms with Crippen molar-refractivity contribution in [3.8, 4) is 0 Å². The highest BCUT2D eigenvalue weighted by Crippen LogP contribution is 2.35. The quantitative estimate of drug-likeness (QED) is 0.697. The number of hydrogen-bond acceptors (Lipinski definition) is 3. The molecule has 2 rings (SSSR count). The summed E-state index contributed by atoms with van der Waals surface area (Å²) in [5.41, 5.74) is 5.39. The highest BCUT2D eigenvalue weighted by Gasteiger charge is 2.34. The van der Waals surface area contributed by atoms with E-state index in [1.807, 2.05) is 0 Å². The largest absolute Gasteiger partial charge is 0.379 e. The van der Waals surface area contributed by atoms with E-state index in [4.69, 9.17) is 10.5 Å². The topological polar surface area (TPSA) is 38.5 Å². The molecular formula is C12H24N2O. The minimum absolute atomic E-state index is 0.645. The lowest BCUT2D eigenvalue weighted by Crippen LogP contribution is -2.37. The van der Waals surface area contributed by atoms with E-state index in [-0.39, 0.29) is 0 Å². The number of rotatable bonds is 5. The van der Waals surface area contributed by atoms with E-state index in [9.17, 15) is 0 Å². The Hall–Kier alpha value is -0.120. The first kappa shape index (κ1) is 11.4. The predicted octanol–water partition coefficient (Wildman–Crippen LogP) is 1.23. The van der Waals surface area contributed by atoms with Gasteiger partial charge in [0, 0.05) is 19.1 Å². The Morgan fingerprint density at radius 2 is 2.00 bits per heavy atom. The number of ether oxygens (including phenoxy) is 1. The van der Waals surface area contributed by atoms with Gasteiger partial charge in [-0.2, -0.15) is 0 Å². The summed E-state index contributed by atoms with van der Waals surface area (Å²) in [6, 6.07) is 0.875. The molecule has 3 nitrogen and oxygen atoms in total. The normalized spacial score (nSPS) is 31.8. The van der Waals surface area contributed by atoms with Crippen molar-refractivity contribution >= 4 is 0 Å². The third-order valence-corrected chi connectivity index (χ3v) is 3.91. The molecule has 1 heterocycles. The molecule has 0 bridgehead atoms. The number of nitrogens with zero attached hydrogens (tertiary/aromatic N) is 1. The number of likely N-dealkylation sites (tertiary alicyclic amines) is 1. The van der Waals surface area contributed by atoms with E-state index in [1.165, 1.54) is 38.6 Å². The molecule has 2 aliphatic rings. The van der Waals surface area contributed by atoms with Gasteiger partial charge in [0.15, 0.2) is 0 Å². The van der Waals surface area contributed by atoms with Crippen molar-refractivity contribution in [2.24, 2.45) is 11.7 Å². The summed E-state index contributed by atoms with van der Waals surface area (Å²) in [6.07, 6.45) is 7.19. The molecule has 2 atom stereocenters. The number of fused-ring (bicyclic) bond motifs is 1. The average molecular weight is 212 g/mol. The molecule has 88 valence electrons. The lowest BCUT2D eigenvalue weighted by molar-refractivity contribution is 0.0926. The van der Waals surface area contributed by atoms with Gasteiger partial charge in [-0.05, 0) is 31.7 Å². The SMILES string of the molecule is NCCOCCN1CCC2CCCCC21. The van der Waals surface area contributed by atoms with Crippen molar-refractivity contribution in [1.29, 1.82) is 0 Å². The van der Waals surface area contributed by atoms with Gasteiger partial charge in [-0.25, -0.2) is 0 Å². The van der Waals surface area contributed by atoms with Crippen LogP contribution in [0.15, 0.2) is 0 Å². The number of hydrogen-bond donors (Lipinski definition) is 1. The van der Waals surface area contributed by atoms with E-state index < -0.39 is 0 Å². The average Bonchev–Trinajstić information content (AvgIpc) is 2.68. The predicted molar refractivity (Wildman–Crippen MR) is 61.8 cm³/mol. The Morgan fingerprint density at radius 3 is 2.87 bits per heavy atom. The van der Waals surface area contributed by atoms with E-state index in [2.05, 4.69) is 4.90 Å². The van der Waals surface area contributed by atoms with Crippen molar-refractivity contribution in [1.82, 2.24) is 4.90 Å². The van der Waals surface area contributed by atoms with Crippen LogP contribution in [0.1, 0.15) is 32.1 Å². The monoisotopic (exact) mass is 212 g/mol. The van der Waals surface area contributed by atoms with Crippen LogP contribution in [0.5, 0.6) is 0 Å². The molecule has 15 heavy (non-hydrogen) atoms. The Kier molecular flexibility index (Phi) is 4.42. The van der Waals surface area contributed by atoms with Crippen LogP contribution in [0.2, 0.25) is 0 Å². The second kappa shape index (κ2) is 5.83. The maximum Gasteiger partial charge on any atom is 0.0594 e. The Morgan fingerprint density at radius 1 is 1.13 bits per heavy atom. The zero-order chi connectivity index (χ0) is 10.5. The highest BCUT2D eigenvalue weighted by molar-refractivity contribution is 4.89. The summed E-state index contributed by atoms with van der Waals surface area (Å²) >= 11 is 0. The van der Waals surface area contributed by atoms with Gasteiger partial charge in [-0.1, -0.05) is 12.8 Å². The Bertz CT molecular complexity index is 186. The summed E-state index contributed by atoms with van der Waals surface area (Å²) < 4.78 is 5.46. The smallest absolute Gasteiger partial charge is 0.0594 e. The zero-order valence-electron chi connectivity index (χ0n) is 9.66. The van der Waals surface area contributed by atoms with Crippen molar-refractivity contribution in [3.63, 3.8) is 0 Å². The van der Waals surface area contributed by atoms with Gasteiger partial charge in [-0.15, -0.1) is 0 Å². The molecule has 3 heteroatoms. The van der Waals surface area contributed by atoms with Crippen LogP contribution in [0.4, 0.5) is 0 Å². The summed E-state index contributed by atoms with van der Waals surface area (Å²) in [5.74, 6) is 0.994. The van der Waals surface area contributed by atoms with E-state index in [0.29, 0.717) is 13.2 Å². The lowest BCUT2D eigenvalue weighted by atomic mass is 9.85. The first-order valence-electron chi connectivity index (χ1n) is 6.43. The van der Waals surface area contributed by atoms with Gasteiger partial charge in [-0.3, -0.25) is 4.90 Å². The third kappa shape index (κ3) is 2.92. The van der Waals surface area contributed by atoms with Gasteiger partial charge >= 0.3 is 0 Å². The Labute approximate surface area is 93.0 Å². The summed E-state index contributed by atoms with van der Waals surface area (Å²) in [4.78, 5) is 2.64. The van der Waals surface area contributed by atoms with Crippen LogP contribution >= 0.6 is 0 Å². The molecule has 2 N–H and O–H groups in total. The second-order valence-electron chi connectivity index (χ2n) is 4.84. The number of nitrogens with two attached hydrogens (primary N) is 1. The molecule has 0 aromatic carbocycles. The van der Waals surface area contributed by atoms with Crippen molar-refractivity contribution in [3.05, 3.63) is 0 Å². The highest BCUT2D eigenvalue weighted by atomic mass is 16.5. The summed E-state index contributed by atoms with van der Waals surface area (Å²) in [5, 5.41) is 0. The van der Waals surface area contributed by atoms with E-state index in [0.717, 1.165) is 25.1 Å². The first-order chi connectivity index (χ1) is 7.42. The third-order valence-electron chi connectivity index (χ3n) is 3.91. The van der Waals surface area contributed by atoms with Crippen molar-refractivity contribution < 1.29 is 4.74 Å². The van der Waals surface area contributed by atoms with Gasteiger partial charge in [0.2, 0.25) is 0 Å². The molecule has 1 saturated heterocycles. The van der Waals surface area contributed by atoms with Crippen molar-refractivity contribution in [2.45, 2.75) is 38.1 Å². The zero-order valence-corrected chi connectivity index (χ0v) is 9.66. The molecule has 0 spiro atoms. The molecule has 0 amide bonds. The molecular weight excluding hydrogens is 188 g/mol. The molecule has 0 aromatic heterocycles. The molecule has 0 radical (unpaired) electrons. The minimum Gasteiger partial charge on any atom is -0.379 e. The molecule has 1 saturated carbocycles. The minimum atomic E-state index is 0.645. The first-order valence-corrected chi connectivity index (χ1v) is 6.43. The van der Waals surface area contributed by atoms with Crippen LogP contribution in [0.3, 0.4) is 0 Å². The van der Waals surface area contributed by atoms with Crippen LogP contribution in [-0.4, -0.2) is 43.8 Å². The van der Waals surface area contributed by atoms with E-state index in [1.54, 1.807) is 0 Å². The lowest BCUT2D eigenvalue weighted by Gasteiger charge is -2.31. The van der Waals surface area contributed by atoms with Crippen LogP contribution in [-0.2, 0) is 4.74 Å². The van der Waals surface area contributed by atoms with Crippen LogP contribution in [0, 0.1) is 5.92 Å². The van der Waals surface area contributed by atoms with Gasteiger partial charge in [0.05, 0.1) is 13.2 Å². The van der Waals surface area contributed by atoms with Crippen molar-refractivity contribution in [2.75, 3.05) is 32.8 Å². The molecule has 0 aromatic rings. The molecule has 1 aliphatic carbocycles. The maximum absolute atomic E-state index is 5.46. The fourth-order valence-electron chi connectivity index (χ4n) is 3.15. The molecule has 1 aliphatic heterocycles. The van der Waals surface area contributed by atoms with E-state index >= 15 is 0 Å². The Balaban J connectivity index is 1.69. The molecule has 2 fully saturated rings. The fraction of sp³-hybridized carbons (Fsp3) is 1.00. The maximum atomic E-state index is 5.46. The van der Waals surface area contributed by atoms with Crippen LogP contribution in [0.25, 0.3) is 0 Å². The summed E-state index contributed by atoms with van der Waals surface area (Å²) in [7, 11) is 0. The molecule has 2 unspecified atom stereocenters. The summed E-state index contributed by atoms with van der Waals surface area (Å²) in [6.45, 7) is 4.62. The standard InChI is InChI=1S/C12H24N2O/c13-6-9-15-10-8-14-7-5-11-3-1-2-4-12(11)14/h11-12H,1-10,13H2. The second-order valence-corrected chi connectivity index (χ2v) is 4.84. The van der Waals surface area contributed by atoms with Gasteiger partial charge in [0.25, 0.3) is 0 Å². The fourth-order valence-corrected chi connectivity index (χ4v) is 3.15. The van der Waals surface area contributed by atoms with Gasteiger partial charge in [0.1, 0.15) is 0 Å².